The molecule has 0 amide bonds. The van der Waals surface area contributed by atoms with Gasteiger partial charge in [-0.3, -0.25) is 4.79 Å². The van der Waals surface area contributed by atoms with E-state index in [9.17, 15) is 44.3 Å². The third-order valence-corrected chi connectivity index (χ3v) is 7.36. The molecule has 0 fully saturated rings. The molecule has 8 nitrogen and oxygen atoms in total. The van der Waals surface area contributed by atoms with Gasteiger partial charge in [0, 0.05) is 31.7 Å². The molecule has 2 aromatic rings. The summed E-state index contributed by atoms with van der Waals surface area (Å²) in [4.78, 5) is 13.9. The molecule has 248 valence electrons. The van der Waals surface area contributed by atoms with Crippen molar-refractivity contribution in [1.82, 2.24) is 4.90 Å². The first-order valence-electron chi connectivity index (χ1n) is 13.6. The molecular formula is C28H31F9N6O2. The Morgan fingerprint density at radius 1 is 1.00 bits per heavy atom. The Morgan fingerprint density at radius 3 is 2.11 bits per heavy atom. The molecule has 0 saturated heterocycles. The van der Waals surface area contributed by atoms with Crippen LogP contribution in [0, 0.1) is 13.8 Å². The van der Waals surface area contributed by atoms with E-state index >= 15 is 0 Å². The van der Waals surface area contributed by atoms with Gasteiger partial charge in [-0.1, -0.05) is 11.2 Å². The van der Waals surface area contributed by atoms with E-state index in [2.05, 4.69) is 15.4 Å². The third kappa shape index (κ3) is 8.57. The lowest BCUT2D eigenvalue weighted by Crippen LogP contribution is -2.40. The molecule has 2 aromatic carbocycles. The van der Waals surface area contributed by atoms with Crippen molar-refractivity contribution < 1.29 is 49.4 Å². The fraction of sp³-hybridized carbons (Fsp3) is 0.500. The fourth-order valence-electron chi connectivity index (χ4n) is 5.63. The lowest BCUT2D eigenvalue weighted by atomic mass is 9.90. The van der Waals surface area contributed by atoms with Gasteiger partial charge in [-0.15, -0.1) is 0 Å². The Labute approximate surface area is 252 Å². The van der Waals surface area contributed by atoms with E-state index in [1.807, 2.05) is 0 Å². The number of benzene rings is 2. The number of rotatable bonds is 8. The van der Waals surface area contributed by atoms with Gasteiger partial charge in [0.2, 0.25) is 5.96 Å². The number of carbonyl (C=O) groups is 1. The van der Waals surface area contributed by atoms with E-state index in [1.54, 1.807) is 4.90 Å². The molecule has 3 rings (SSSR count). The van der Waals surface area contributed by atoms with Crippen molar-refractivity contribution in [2.24, 2.45) is 21.2 Å². The topological polar surface area (TPSA) is 107 Å². The standard InChI is InChI=1S/C28H31F9N6O2/c1-15-10-20-21(6-4-8-42(9-5-7-22(44)45)24(20)16(2)23(15)28(35,36)37)43(25(38)40-41-39-3)14-17-11-18(26(29,30)31)13-19(12-17)27(32,33)34/h10-13,21H,4-9,14H2,1-3H3,(H,44,45)(H2,38,39,40)/t21-/m0/s1. The van der Waals surface area contributed by atoms with Crippen molar-refractivity contribution in [3.05, 3.63) is 63.2 Å². The highest BCUT2D eigenvalue weighted by atomic mass is 19.4. The number of hydrogen-bond donors (Lipinski definition) is 2. The molecule has 0 aromatic heterocycles. The second-order valence-electron chi connectivity index (χ2n) is 10.6. The maximum absolute atomic E-state index is 14.2. The van der Waals surface area contributed by atoms with E-state index in [-0.39, 0.29) is 60.8 Å². The third-order valence-electron chi connectivity index (χ3n) is 7.36. The summed E-state index contributed by atoms with van der Waals surface area (Å²) in [6.45, 7) is 2.11. The molecule has 0 spiro atoms. The summed E-state index contributed by atoms with van der Waals surface area (Å²) in [5.41, 5.74) is 1.78. The minimum Gasteiger partial charge on any atom is -0.481 e. The quantitative estimate of drug-likeness (QED) is 0.0999. The minimum atomic E-state index is -5.12. The molecule has 17 heteroatoms. The summed E-state index contributed by atoms with van der Waals surface area (Å²) >= 11 is 0. The van der Waals surface area contributed by atoms with Crippen molar-refractivity contribution in [2.45, 2.75) is 70.6 Å². The van der Waals surface area contributed by atoms with Crippen LogP contribution < -0.4 is 10.6 Å². The first-order chi connectivity index (χ1) is 20.8. The molecule has 3 N–H and O–H groups in total. The molecule has 0 unspecified atom stereocenters. The minimum absolute atomic E-state index is 0.0160. The summed E-state index contributed by atoms with van der Waals surface area (Å²) in [6, 6.07) is 1.34. The van der Waals surface area contributed by atoms with Crippen LogP contribution >= 0.6 is 0 Å². The summed E-state index contributed by atoms with van der Waals surface area (Å²) in [5, 5.41) is 19.7. The molecule has 0 bridgehead atoms. The second-order valence-corrected chi connectivity index (χ2v) is 10.6. The smallest absolute Gasteiger partial charge is 0.416 e. The zero-order valence-electron chi connectivity index (χ0n) is 24.4. The van der Waals surface area contributed by atoms with Crippen molar-refractivity contribution >= 4 is 17.6 Å². The highest BCUT2D eigenvalue weighted by Crippen LogP contribution is 2.46. The highest BCUT2D eigenvalue weighted by molar-refractivity contribution is 5.79. The molecule has 1 heterocycles. The molecule has 1 atom stereocenters. The summed E-state index contributed by atoms with van der Waals surface area (Å²) in [6.07, 6.45) is -14.7. The van der Waals surface area contributed by atoms with Gasteiger partial charge in [0.15, 0.2) is 0 Å². The summed E-state index contributed by atoms with van der Waals surface area (Å²) in [5.74, 6) is -1.55. The Morgan fingerprint density at radius 2 is 1.60 bits per heavy atom. The number of halogens is 9. The van der Waals surface area contributed by atoms with Crippen LogP contribution in [-0.2, 0) is 29.9 Å². The van der Waals surface area contributed by atoms with Crippen molar-refractivity contribution in [3.63, 3.8) is 0 Å². The SMILES string of the molecule is CN=NN=C(N)N(Cc1cc(C(F)(F)F)cc(C(F)(F)F)c1)[C@H]1CCCN(CCCC(=O)O)c2c1cc(C)c(C(F)(F)F)c2C. The maximum Gasteiger partial charge on any atom is 0.416 e. The van der Waals surface area contributed by atoms with Crippen LogP contribution in [0.3, 0.4) is 0 Å². The number of aliphatic carboxylic acids is 1. The van der Waals surface area contributed by atoms with Gasteiger partial charge < -0.3 is 20.6 Å². The number of nitrogens with two attached hydrogens (primary N) is 1. The average molecular weight is 655 g/mol. The van der Waals surface area contributed by atoms with Crippen molar-refractivity contribution in [3.8, 4) is 0 Å². The van der Waals surface area contributed by atoms with E-state index in [0.29, 0.717) is 18.6 Å². The number of fused-ring (bicyclic) bond motifs is 1. The van der Waals surface area contributed by atoms with Gasteiger partial charge in [0.1, 0.15) is 0 Å². The van der Waals surface area contributed by atoms with Gasteiger partial charge >= 0.3 is 24.5 Å². The number of hydrogen-bond acceptors (Lipinski definition) is 4. The Balaban J connectivity index is 2.28. The zero-order chi connectivity index (χ0) is 33.9. The van der Waals surface area contributed by atoms with E-state index in [0.717, 1.165) is 0 Å². The fourth-order valence-corrected chi connectivity index (χ4v) is 5.63. The largest absolute Gasteiger partial charge is 0.481 e. The van der Waals surface area contributed by atoms with Crippen molar-refractivity contribution in [2.75, 3.05) is 25.0 Å². The van der Waals surface area contributed by atoms with E-state index in [1.165, 1.54) is 31.9 Å². The van der Waals surface area contributed by atoms with Crippen LogP contribution in [0.1, 0.15) is 70.7 Å². The summed E-state index contributed by atoms with van der Waals surface area (Å²) < 4.78 is 124. The van der Waals surface area contributed by atoms with Crippen LogP contribution in [0.15, 0.2) is 39.7 Å². The monoisotopic (exact) mass is 654 g/mol. The van der Waals surface area contributed by atoms with Crippen LogP contribution in [0.2, 0.25) is 0 Å². The molecule has 1 aliphatic heterocycles. The van der Waals surface area contributed by atoms with Crippen LogP contribution in [-0.4, -0.2) is 42.1 Å². The summed E-state index contributed by atoms with van der Waals surface area (Å²) in [7, 11) is 1.24. The van der Waals surface area contributed by atoms with E-state index in [4.69, 9.17) is 10.8 Å². The number of carboxylic acid groups (broad SMARTS) is 1. The predicted octanol–water partition coefficient (Wildman–Crippen LogP) is 7.68. The number of nitrogens with zero attached hydrogens (tertiary/aromatic N) is 5. The van der Waals surface area contributed by atoms with Crippen LogP contribution in [0.5, 0.6) is 0 Å². The molecule has 0 radical (unpaired) electrons. The normalized spacial score (nSPS) is 16.6. The Kier molecular flexibility index (Phi) is 10.6. The number of guanidine groups is 1. The molecule has 0 saturated carbocycles. The van der Waals surface area contributed by atoms with Crippen LogP contribution in [0.25, 0.3) is 0 Å². The second kappa shape index (κ2) is 13.5. The molecule has 0 aliphatic carbocycles. The van der Waals surface area contributed by atoms with E-state index < -0.39 is 65.3 Å². The predicted molar refractivity (Wildman–Crippen MR) is 146 cm³/mol. The van der Waals surface area contributed by atoms with Crippen LogP contribution in [0.4, 0.5) is 45.2 Å². The molecular weight excluding hydrogens is 623 g/mol. The van der Waals surface area contributed by atoms with Gasteiger partial charge in [-0.2, -0.15) is 44.6 Å². The molecule has 1 aliphatic rings. The van der Waals surface area contributed by atoms with Gasteiger partial charge in [0.25, 0.3) is 0 Å². The maximum atomic E-state index is 14.2. The Hall–Kier alpha value is -4.05. The first kappa shape index (κ1) is 35.4. The zero-order valence-corrected chi connectivity index (χ0v) is 24.4. The van der Waals surface area contributed by atoms with Crippen molar-refractivity contribution in [1.29, 1.82) is 0 Å². The van der Waals surface area contributed by atoms with Gasteiger partial charge in [-0.25, -0.2) is 0 Å². The Bertz CT molecular complexity index is 1420. The molecule has 45 heavy (non-hydrogen) atoms. The number of aryl methyl sites for hydroxylation is 1. The number of alkyl halides is 9. The average Bonchev–Trinajstić information content (AvgIpc) is 3.07. The number of carboxylic acids is 1. The highest BCUT2D eigenvalue weighted by Gasteiger charge is 2.40. The van der Waals surface area contributed by atoms with Gasteiger partial charge in [-0.05, 0) is 78.8 Å². The lowest BCUT2D eigenvalue weighted by Gasteiger charge is -2.35. The first-order valence-corrected chi connectivity index (χ1v) is 13.6. The van der Waals surface area contributed by atoms with Gasteiger partial charge in [0.05, 0.1) is 29.8 Å². The number of anilines is 1. The lowest BCUT2D eigenvalue weighted by molar-refractivity contribution is -0.143.